The van der Waals surface area contributed by atoms with Gasteiger partial charge in [-0.2, -0.15) is 0 Å². The average Bonchev–Trinajstić information content (AvgIpc) is 2.15. The molecule has 0 aliphatic heterocycles. The standard InChI is InChI=1S/C11H22O4/c1-2-3-4-5-6-7-8-9-10(12)15-11(13)14/h11,13-14H,2-9H2,1H3. The van der Waals surface area contributed by atoms with Crippen LogP contribution in [0.1, 0.15) is 58.3 Å². The van der Waals surface area contributed by atoms with Gasteiger partial charge in [0, 0.05) is 6.42 Å². The van der Waals surface area contributed by atoms with Crippen molar-refractivity contribution in [1.82, 2.24) is 0 Å². The number of rotatable bonds is 9. The number of ether oxygens (including phenoxy) is 1. The molecule has 15 heavy (non-hydrogen) atoms. The molecule has 90 valence electrons. The molecule has 4 heteroatoms. The molecule has 0 heterocycles. The lowest BCUT2D eigenvalue weighted by molar-refractivity contribution is -0.229. The minimum Gasteiger partial charge on any atom is -0.411 e. The number of unbranched alkanes of at least 4 members (excludes halogenated alkanes) is 6. The summed E-state index contributed by atoms with van der Waals surface area (Å²) in [5.41, 5.74) is 0. The topological polar surface area (TPSA) is 66.8 Å². The van der Waals surface area contributed by atoms with Crippen molar-refractivity contribution < 1.29 is 19.7 Å². The molecule has 0 aliphatic rings. The minimum absolute atomic E-state index is 0.269. The van der Waals surface area contributed by atoms with E-state index in [1.54, 1.807) is 0 Å². The molecule has 0 bridgehead atoms. The number of aliphatic hydroxyl groups is 2. The maximum absolute atomic E-state index is 10.8. The molecule has 0 atom stereocenters. The van der Waals surface area contributed by atoms with Gasteiger partial charge in [0.25, 0.3) is 0 Å². The van der Waals surface area contributed by atoms with Crippen LogP contribution in [-0.4, -0.2) is 22.7 Å². The summed E-state index contributed by atoms with van der Waals surface area (Å²) in [4.78, 5) is 10.8. The number of aliphatic hydroxyl groups excluding tert-OH is 1. The SMILES string of the molecule is CCCCCCCCCC(=O)OC(O)O. The van der Waals surface area contributed by atoms with E-state index in [1.165, 1.54) is 25.7 Å². The Labute approximate surface area is 91.3 Å². The van der Waals surface area contributed by atoms with E-state index >= 15 is 0 Å². The third-order valence-corrected chi connectivity index (χ3v) is 2.22. The lowest BCUT2D eigenvalue weighted by Gasteiger charge is -2.05. The zero-order chi connectivity index (χ0) is 11.5. The molecule has 0 aromatic rings. The van der Waals surface area contributed by atoms with Crippen molar-refractivity contribution in [2.45, 2.75) is 64.8 Å². The molecule has 2 N–H and O–H groups in total. The third-order valence-electron chi connectivity index (χ3n) is 2.22. The van der Waals surface area contributed by atoms with Gasteiger partial charge in [-0.1, -0.05) is 45.4 Å². The van der Waals surface area contributed by atoms with Gasteiger partial charge >= 0.3 is 12.4 Å². The van der Waals surface area contributed by atoms with Gasteiger partial charge in [-0.15, -0.1) is 0 Å². The van der Waals surface area contributed by atoms with Crippen LogP contribution < -0.4 is 0 Å². The first-order chi connectivity index (χ1) is 7.16. The van der Waals surface area contributed by atoms with E-state index < -0.39 is 12.4 Å². The molecule has 4 nitrogen and oxygen atoms in total. The first kappa shape index (κ1) is 14.4. The van der Waals surface area contributed by atoms with E-state index in [0.717, 1.165) is 19.3 Å². The lowest BCUT2D eigenvalue weighted by atomic mass is 10.1. The van der Waals surface area contributed by atoms with Gasteiger partial charge in [0.2, 0.25) is 0 Å². The van der Waals surface area contributed by atoms with Crippen molar-refractivity contribution >= 4 is 5.97 Å². The van der Waals surface area contributed by atoms with Gasteiger partial charge in [-0.25, -0.2) is 0 Å². The molecule has 0 aromatic carbocycles. The van der Waals surface area contributed by atoms with Crippen molar-refractivity contribution in [2.75, 3.05) is 0 Å². The second kappa shape index (κ2) is 9.93. The Bertz CT molecular complexity index is 157. The van der Waals surface area contributed by atoms with Gasteiger partial charge in [0.15, 0.2) is 0 Å². The van der Waals surface area contributed by atoms with E-state index in [4.69, 9.17) is 10.2 Å². The van der Waals surface area contributed by atoms with E-state index in [2.05, 4.69) is 11.7 Å². The summed E-state index contributed by atoms with van der Waals surface area (Å²) in [6.45, 7) is 0.206. The van der Waals surface area contributed by atoms with Gasteiger partial charge in [-0.3, -0.25) is 4.79 Å². The molecular weight excluding hydrogens is 196 g/mol. The van der Waals surface area contributed by atoms with Crippen LogP contribution in [0, 0.1) is 0 Å². The molecule has 0 radical (unpaired) electrons. The highest BCUT2D eigenvalue weighted by Crippen LogP contribution is 2.08. The second-order valence-corrected chi connectivity index (χ2v) is 3.69. The van der Waals surface area contributed by atoms with Crippen molar-refractivity contribution in [3.8, 4) is 0 Å². The van der Waals surface area contributed by atoms with E-state index in [-0.39, 0.29) is 6.42 Å². The largest absolute Gasteiger partial charge is 0.411 e. The zero-order valence-corrected chi connectivity index (χ0v) is 9.45. The van der Waals surface area contributed by atoms with Crippen LogP contribution in [0.4, 0.5) is 0 Å². The van der Waals surface area contributed by atoms with E-state index in [9.17, 15) is 4.79 Å². The Morgan fingerprint density at radius 1 is 1.07 bits per heavy atom. The minimum atomic E-state index is -1.97. The fourth-order valence-corrected chi connectivity index (χ4v) is 1.40. The number of carbonyl (C=O) groups is 1. The molecular formula is C11H22O4. The molecule has 0 saturated carbocycles. The summed E-state index contributed by atoms with van der Waals surface area (Å²) in [6, 6.07) is 0. The van der Waals surface area contributed by atoms with Gasteiger partial charge < -0.3 is 14.9 Å². The van der Waals surface area contributed by atoms with Gasteiger partial charge in [0.1, 0.15) is 0 Å². The van der Waals surface area contributed by atoms with Crippen LogP contribution in [0.15, 0.2) is 0 Å². The summed E-state index contributed by atoms with van der Waals surface area (Å²) in [5.74, 6) is -0.543. The van der Waals surface area contributed by atoms with Crippen LogP contribution in [0.3, 0.4) is 0 Å². The highest BCUT2D eigenvalue weighted by molar-refractivity contribution is 5.69. The van der Waals surface area contributed by atoms with Crippen molar-refractivity contribution in [3.05, 3.63) is 0 Å². The number of hydrogen-bond acceptors (Lipinski definition) is 4. The van der Waals surface area contributed by atoms with Crippen LogP contribution in [-0.2, 0) is 9.53 Å². The fraction of sp³-hybridized carbons (Fsp3) is 0.909. The van der Waals surface area contributed by atoms with Crippen LogP contribution in [0.2, 0.25) is 0 Å². The smallest absolute Gasteiger partial charge is 0.313 e. The first-order valence-corrected chi connectivity index (χ1v) is 5.72. The third kappa shape index (κ3) is 11.3. The summed E-state index contributed by atoms with van der Waals surface area (Å²) >= 11 is 0. The van der Waals surface area contributed by atoms with Crippen molar-refractivity contribution in [3.63, 3.8) is 0 Å². The van der Waals surface area contributed by atoms with Gasteiger partial charge in [0.05, 0.1) is 0 Å². The molecule has 0 saturated heterocycles. The maximum atomic E-state index is 10.8. The Hall–Kier alpha value is -0.610. The summed E-state index contributed by atoms with van der Waals surface area (Å²) in [5, 5.41) is 16.7. The van der Waals surface area contributed by atoms with Crippen LogP contribution >= 0.6 is 0 Å². The molecule has 0 unspecified atom stereocenters. The molecule has 0 spiro atoms. The van der Waals surface area contributed by atoms with Crippen molar-refractivity contribution in [2.24, 2.45) is 0 Å². The Kier molecular flexibility index (Phi) is 9.52. The predicted octanol–water partition coefficient (Wildman–Crippen LogP) is 1.94. The lowest BCUT2D eigenvalue weighted by Crippen LogP contribution is -2.16. The molecule has 0 rings (SSSR count). The molecule has 0 fully saturated rings. The predicted molar refractivity (Wildman–Crippen MR) is 56.9 cm³/mol. The Balaban J connectivity index is 3.13. The maximum Gasteiger partial charge on any atom is 0.313 e. The molecule has 0 aromatic heterocycles. The fourth-order valence-electron chi connectivity index (χ4n) is 1.40. The van der Waals surface area contributed by atoms with Crippen molar-refractivity contribution in [1.29, 1.82) is 0 Å². The van der Waals surface area contributed by atoms with Crippen LogP contribution in [0.5, 0.6) is 0 Å². The van der Waals surface area contributed by atoms with Crippen LogP contribution in [0.25, 0.3) is 0 Å². The highest BCUT2D eigenvalue weighted by atomic mass is 16.7. The summed E-state index contributed by atoms with van der Waals surface area (Å²) in [6.07, 6.45) is 8.15. The van der Waals surface area contributed by atoms with E-state index in [1.807, 2.05) is 0 Å². The zero-order valence-electron chi connectivity index (χ0n) is 9.45. The number of carbonyl (C=O) groups excluding carboxylic acids is 1. The normalized spacial score (nSPS) is 10.7. The monoisotopic (exact) mass is 218 g/mol. The number of esters is 1. The Morgan fingerprint density at radius 2 is 1.60 bits per heavy atom. The first-order valence-electron chi connectivity index (χ1n) is 5.72. The van der Waals surface area contributed by atoms with Gasteiger partial charge in [-0.05, 0) is 6.42 Å². The molecule has 0 amide bonds. The van der Waals surface area contributed by atoms with E-state index in [0.29, 0.717) is 0 Å². The number of hydrogen-bond donors (Lipinski definition) is 2. The Morgan fingerprint density at radius 3 is 2.13 bits per heavy atom. The molecule has 0 aliphatic carbocycles. The summed E-state index contributed by atoms with van der Waals surface area (Å²) < 4.78 is 4.17. The second-order valence-electron chi connectivity index (χ2n) is 3.69. The average molecular weight is 218 g/mol. The quantitative estimate of drug-likeness (QED) is 0.352. The summed E-state index contributed by atoms with van der Waals surface area (Å²) in [7, 11) is 0. The highest BCUT2D eigenvalue weighted by Gasteiger charge is 2.06.